The molecule has 0 saturated heterocycles. The van der Waals surface area contributed by atoms with E-state index < -0.39 is 0 Å². The van der Waals surface area contributed by atoms with Gasteiger partial charge in [-0.25, -0.2) is 19.7 Å². The van der Waals surface area contributed by atoms with Crippen LogP contribution in [0.3, 0.4) is 0 Å². The summed E-state index contributed by atoms with van der Waals surface area (Å²) in [6.45, 7) is 1.32. The Morgan fingerprint density at radius 3 is 2.43 bits per heavy atom. The fourth-order valence-corrected chi connectivity index (χ4v) is 6.15. The Balaban J connectivity index is 1.04. The SMILES string of the molecule is Cn1cc(-c2ccc(N(C(=O)NCc3ccccc3)[C@H]3CC[C@H](Nc4ncc(C#N)c(-c5cnn(CC6CC6)c5)n4)CC3)nc2)cn1. The van der Waals surface area contributed by atoms with Crippen LogP contribution in [0.2, 0.25) is 0 Å². The molecular weight excluding hydrogens is 590 g/mol. The average molecular weight is 628 g/mol. The third-order valence-corrected chi connectivity index (χ3v) is 8.89. The van der Waals surface area contributed by atoms with Crippen LogP contribution in [-0.4, -0.2) is 52.6 Å². The van der Waals surface area contributed by atoms with Crippen molar-refractivity contribution in [3.05, 3.63) is 90.8 Å². The van der Waals surface area contributed by atoms with Gasteiger partial charge in [0, 0.05) is 67.5 Å². The number of aryl methyl sites for hydroxylation is 1. The molecule has 0 atom stereocenters. The first-order valence-electron chi connectivity index (χ1n) is 16.1. The average Bonchev–Trinajstić information content (AvgIpc) is 3.61. The number of hydrogen-bond acceptors (Lipinski definition) is 8. The van der Waals surface area contributed by atoms with Gasteiger partial charge in [0.05, 0.1) is 29.8 Å². The number of nitriles is 1. The van der Waals surface area contributed by atoms with Crippen molar-refractivity contribution in [2.24, 2.45) is 13.0 Å². The quantitative estimate of drug-likeness (QED) is 0.205. The summed E-state index contributed by atoms with van der Waals surface area (Å²) in [7, 11) is 1.88. The first kappa shape index (κ1) is 30.1. The van der Waals surface area contributed by atoms with Gasteiger partial charge in [-0.05, 0) is 62.1 Å². The van der Waals surface area contributed by atoms with Crippen LogP contribution in [0.4, 0.5) is 16.6 Å². The van der Waals surface area contributed by atoms with Crippen LogP contribution < -0.4 is 15.5 Å². The van der Waals surface area contributed by atoms with Gasteiger partial charge in [0.1, 0.15) is 11.9 Å². The van der Waals surface area contributed by atoms with E-state index in [9.17, 15) is 10.1 Å². The van der Waals surface area contributed by atoms with Crippen LogP contribution >= 0.6 is 0 Å². The van der Waals surface area contributed by atoms with Crippen LogP contribution in [-0.2, 0) is 20.1 Å². The number of benzene rings is 1. The number of carbonyl (C=O) groups excluding carboxylic acids is 1. The molecule has 47 heavy (non-hydrogen) atoms. The topological polar surface area (TPSA) is 142 Å². The molecule has 12 nitrogen and oxygen atoms in total. The molecule has 0 radical (unpaired) electrons. The lowest BCUT2D eigenvalue weighted by molar-refractivity contribution is 0.240. The zero-order chi connectivity index (χ0) is 32.2. The van der Waals surface area contributed by atoms with E-state index in [1.54, 1.807) is 29.5 Å². The van der Waals surface area contributed by atoms with Crippen molar-refractivity contribution in [1.82, 2.24) is 39.8 Å². The fraction of sp³-hybridized carbons (Fsp3) is 0.343. The van der Waals surface area contributed by atoms with Gasteiger partial charge in [0.15, 0.2) is 0 Å². The molecule has 1 aromatic carbocycles. The number of urea groups is 1. The monoisotopic (exact) mass is 627 g/mol. The molecule has 2 aliphatic rings. The fourth-order valence-electron chi connectivity index (χ4n) is 6.15. The lowest BCUT2D eigenvalue weighted by Crippen LogP contribution is -2.49. The maximum atomic E-state index is 13.7. The van der Waals surface area contributed by atoms with E-state index in [0.29, 0.717) is 35.5 Å². The molecule has 0 aliphatic heterocycles. The van der Waals surface area contributed by atoms with Crippen LogP contribution in [0, 0.1) is 17.2 Å². The summed E-state index contributed by atoms with van der Waals surface area (Å²) < 4.78 is 3.69. The Hall–Kier alpha value is -5.57. The Morgan fingerprint density at radius 1 is 0.915 bits per heavy atom. The molecule has 7 rings (SSSR count). The molecule has 2 aliphatic carbocycles. The second-order valence-corrected chi connectivity index (χ2v) is 12.4. The Morgan fingerprint density at radius 2 is 1.72 bits per heavy atom. The van der Waals surface area contributed by atoms with Crippen molar-refractivity contribution in [2.75, 3.05) is 10.2 Å². The number of carbonyl (C=O) groups is 1. The molecule has 0 spiro atoms. The van der Waals surface area contributed by atoms with Crippen molar-refractivity contribution in [2.45, 2.75) is 63.7 Å². The predicted octanol–water partition coefficient (Wildman–Crippen LogP) is 5.56. The number of nitrogens with zero attached hydrogens (tertiary/aromatic N) is 9. The van der Waals surface area contributed by atoms with Crippen LogP contribution in [0.5, 0.6) is 0 Å². The number of aromatic nitrogens is 7. The van der Waals surface area contributed by atoms with Crippen LogP contribution in [0.25, 0.3) is 22.4 Å². The summed E-state index contributed by atoms with van der Waals surface area (Å²) in [5.74, 6) is 1.80. The van der Waals surface area contributed by atoms with Gasteiger partial charge in [0.2, 0.25) is 5.95 Å². The second kappa shape index (κ2) is 13.4. The van der Waals surface area contributed by atoms with Gasteiger partial charge in [0.25, 0.3) is 0 Å². The summed E-state index contributed by atoms with van der Waals surface area (Å²) in [6, 6.07) is 15.9. The molecule has 5 aromatic rings. The first-order chi connectivity index (χ1) is 23.0. The standard InChI is InChI=1S/C35H37N11O/c1-44-22-28(19-40-44)26-9-14-32(37-17-26)46(35(47)39-16-24-5-3-2-4-6-24)31-12-10-30(11-13-31)42-34-38-18-27(15-36)33(43-34)29-20-41-45(23-29)21-25-7-8-25/h2-6,9,14,17-20,22-23,25,30-31H,7-8,10-13,16,21H2,1H3,(H,39,47)(H,38,42,43)/t30-,31-. The highest BCUT2D eigenvalue weighted by Crippen LogP contribution is 2.32. The highest BCUT2D eigenvalue weighted by molar-refractivity contribution is 5.91. The maximum absolute atomic E-state index is 13.7. The van der Waals surface area contributed by atoms with Gasteiger partial charge in [-0.3, -0.25) is 14.3 Å². The molecule has 0 unspecified atom stereocenters. The van der Waals surface area contributed by atoms with E-state index in [4.69, 9.17) is 9.97 Å². The second-order valence-electron chi connectivity index (χ2n) is 12.4. The molecule has 4 aromatic heterocycles. The summed E-state index contributed by atoms with van der Waals surface area (Å²) in [6.07, 6.45) is 16.5. The number of nitrogens with one attached hydrogen (secondary N) is 2. The van der Waals surface area contributed by atoms with Crippen molar-refractivity contribution < 1.29 is 4.79 Å². The summed E-state index contributed by atoms with van der Waals surface area (Å²) in [4.78, 5) is 29.5. The number of amides is 2. The molecular formula is C35H37N11O. The van der Waals surface area contributed by atoms with Crippen LogP contribution in [0.15, 0.2) is 79.6 Å². The molecule has 12 heteroatoms. The third kappa shape index (κ3) is 7.14. The lowest BCUT2D eigenvalue weighted by atomic mass is 9.90. The van der Waals surface area contributed by atoms with E-state index >= 15 is 0 Å². The Bertz CT molecular complexity index is 1860. The summed E-state index contributed by atoms with van der Waals surface area (Å²) in [5, 5.41) is 25.1. The number of anilines is 2. The number of rotatable bonds is 10. The predicted molar refractivity (Wildman–Crippen MR) is 178 cm³/mol. The molecule has 2 N–H and O–H groups in total. The highest BCUT2D eigenvalue weighted by atomic mass is 16.2. The Kier molecular flexibility index (Phi) is 8.60. The van der Waals surface area contributed by atoms with E-state index in [1.165, 1.54) is 12.8 Å². The van der Waals surface area contributed by atoms with E-state index in [1.807, 2.05) is 71.5 Å². The van der Waals surface area contributed by atoms with Crippen molar-refractivity contribution in [1.29, 1.82) is 5.26 Å². The molecule has 238 valence electrons. The maximum Gasteiger partial charge on any atom is 0.323 e. The van der Waals surface area contributed by atoms with E-state index in [0.717, 1.165) is 54.5 Å². The minimum atomic E-state index is -0.172. The van der Waals surface area contributed by atoms with Gasteiger partial charge in [-0.15, -0.1) is 0 Å². The zero-order valence-corrected chi connectivity index (χ0v) is 26.3. The smallest absolute Gasteiger partial charge is 0.323 e. The van der Waals surface area contributed by atoms with Crippen molar-refractivity contribution in [3.8, 4) is 28.5 Å². The lowest BCUT2D eigenvalue weighted by Gasteiger charge is -2.36. The largest absolute Gasteiger partial charge is 0.351 e. The molecule has 2 fully saturated rings. The number of pyridine rings is 1. The van der Waals surface area contributed by atoms with Crippen molar-refractivity contribution in [3.63, 3.8) is 0 Å². The minimum Gasteiger partial charge on any atom is -0.351 e. The molecule has 0 bridgehead atoms. The molecule has 2 amide bonds. The summed E-state index contributed by atoms with van der Waals surface area (Å²) in [5.41, 5.74) is 4.77. The van der Waals surface area contributed by atoms with Gasteiger partial charge in [-0.1, -0.05) is 30.3 Å². The van der Waals surface area contributed by atoms with Gasteiger partial charge in [-0.2, -0.15) is 15.5 Å². The van der Waals surface area contributed by atoms with Crippen LogP contribution in [0.1, 0.15) is 49.7 Å². The molecule has 2 saturated carbocycles. The third-order valence-electron chi connectivity index (χ3n) is 8.89. The Labute approximate surface area is 273 Å². The van der Waals surface area contributed by atoms with Crippen molar-refractivity contribution >= 4 is 17.8 Å². The van der Waals surface area contributed by atoms with Gasteiger partial charge >= 0.3 is 6.03 Å². The molecule has 4 heterocycles. The van der Waals surface area contributed by atoms with E-state index in [-0.39, 0.29) is 18.1 Å². The van der Waals surface area contributed by atoms with E-state index in [2.05, 4.69) is 31.9 Å². The zero-order valence-electron chi connectivity index (χ0n) is 26.3. The highest BCUT2D eigenvalue weighted by Gasteiger charge is 2.31. The minimum absolute atomic E-state index is 0.0321. The summed E-state index contributed by atoms with van der Waals surface area (Å²) >= 11 is 0. The number of hydrogen-bond donors (Lipinski definition) is 2. The van der Waals surface area contributed by atoms with Gasteiger partial charge < -0.3 is 10.6 Å². The first-order valence-corrected chi connectivity index (χ1v) is 16.1. The normalized spacial score (nSPS) is 17.5.